The maximum absolute atomic E-state index is 5.91. The largest absolute Gasteiger partial charge is 0.325 e. The summed E-state index contributed by atoms with van der Waals surface area (Å²) < 4.78 is 1.89. The average molecular weight is 304 g/mol. The van der Waals surface area contributed by atoms with Crippen molar-refractivity contribution in [3.8, 4) is 0 Å². The fourth-order valence-corrected chi connectivity index (χ4v) is 2.87. The van der Waals surface area contributed by atoms with Crippen molar-refractivity contribution in [3.05, 3.63) is 95.8 Å². The van der Waals surface area contributed by atoms with Crippen molar-refractivity contribution in [2.24, 2.45) is 5.73 Å². The summed E-state index contributed by atoms with van der Waals surface area (Å²) in [6.45, 7) is 4.79. The van der Waals surface area contributed by atoms with E-state index in [-0.39, 0.29) is 5.92 Å². The van der Waals surface area contributed by atoms with Gasteiger partial charge in [-0.1, -0.05) is 72.0 Å². The molecule has 2 N–H and O–H groups in total. The van der Waals surface area contributed by atoms with Crippen LogP contribution in [0, 0.1) is 0 Å². The average Bonchev–Trinajstić information content (AvgIpc) is 3.00. The van der Waals surface area contributed by atoms with Crippen LogP contribution in [0.15, 0.2) is 73.3 Å². The zero-order valence-corrected chi connectivity index (χ0v) is 13.0. The third-order valence-electron chi connectivity index (χ3n) is 3.88. The third kappa shape index (κ3) is 3.07. The van der Waals surface area contributed by atoms with E-state index in [9.17, 15) is 0 Å². The first-order valence-electron chi connectivity index (χ1n) is 7.68. The summed E-state index contributed by atoms with van der Waals surface area (Å²) in [4.78, 5) is 0. The number of nitrogens with zero attached hydrogens (tertiary/aromatic N) is 3. The van der Waals surface area contributed by atoms with Crippen LogP contribution in [0.3, 0.4) is 0 Å². The monoisotopic (exact) mass is 304 g/mol. The first-order valence-corrected chi connectivity index (χ1v) is 7.68. The molecule has 4 nitrogen and oxygen atoms in total. The molecular weight excluding hydrogens is 284 g/mol. The number of nitrogens with two attached hydrogens (primary N) is 1. The van der Waals surface area contributed by atoms with Gasteiger partial charge in [-0.25, -0.2) is 4.68 Å². The molecule has 2 aromatic carbocycles. The predicted molar refractivity (Wildman–Crippen MR) is 91.9 cm³/mol. The molecule has 0 fully saturated rings. The van der Waals surface area contributed by atoms with Crippen LogP contribution in [0.1, 0.15) is 28.4 Å². The maximum Gasteiger partial charge on any atom is 0.100 e. The van der Waals surface area contributed by atoms with Gasteiger partial charge in [-0.15, -0.1) is 11.7 Å². The highest BCUT2D eigenvalue weighted by atomic mass is 15.4. The molecule has 23 heavy (non-hydrogen) atoms. The van der Waals surface area contributed by atoms with Gasteiger partial charge in [0.15, 0.2) is 0 Å². The number of benzene rings is 2. The van der Waals surface area contributed by atoms with Gasteiger partial charge in [0.2, 0.25) is 0 Å². The first-order chi connectivity index (χ1) is 11.3. The van der Waals surface area contributed by atoms with Crippen LogP contribution in [-0.4, -0.2) is 15.0 Å². The standard InChI is InChI=1S/C19H20N4/c1-2-13-23-19(17(14-20)21-22-23)18(15-9-5-3-6-10-15)16-11-7-4-8-12-16/h2-12,18H,1,13-14,20H2. The predicted octanol–water partition coefficient (Wildman–Crippen LogP) is 3.10. The number of hydrogen-bond acceptors (Lipinski definition) is 3. The van der Waals surface area contributed by atoms with Crippen molar-refractivity contribution < 1.29 is 0 Å². The lowest BCUT2D eigenvalue weighted by molar-refractivity contribution is 0.623. The summed E-state index contributed by atoms with van der Waals surface area (Å²) in [6, 6.07) is 20.8. The smallest absolute Gasteiger partial charge is 0.100 e. The fourth-order valence-electron chi connectivity index (χ4n) is 2.87. The lowest BCUT2D eigenvalue weighted by Gasteiger charge is -2.20. The molecule has 0 aliphatic carbocycles. The Kier molecular flexibility index (Phi) is 4.64. The molecule has 0 spiro atoms. The van der Waals surface area contributed by atoms with Gasteiger partial charge in [-0.3, -0.25) is 0 Å². The van der Waals surface area contributed by atoms with Crippen molar-refractivity contribution in [1.29, 1.82) is 0 Å². The van der Waals surface area contributed by atoms with Crippen LogP contribution in [0.4, 0.5) is 0 Å². The van der Waals surface area contributed by atoms with Gasteiger partial charge in [0.1, 0.15) is 5.69 Å². The highest BCUT2D eigenvalue weighted by Gasteiger charge is 2.24. The minimum atomic E-state index is 0.0471. The first kappa shape index (κ1) is 15.2. The fraction of sp³-hybridized carbons (Fsp3) is 0.158. The molecule has 3 rings (SSSR count). The normalized spacial score (nSPS) is 10.9. The van der Waals surface area contributed by atoms with E-state index in [0.29, 0.717) is 13.1 Å². The van der Waals surface area contributed by atoms with Crippen molar-refractivity contribution in [3.63, 3.8) is 0 Å². The highest BCUT2D eigenvalue weighted by molar-refractivity contribution is 5.42. The maximum atomic E-state index is 5.91. The van der Waals surface area contributed by atoms with E-state index in [1.54, 1.807) is 0 Å². The SMILES string of the molecule is C=CCn1nnc(CN)c1C(c1ccccc1)c1ccccc1. The Bertz CT molecular complexity index is 723. The summed E-state index contributed by atoms with van der Waals surface area (Å²) >= 11 is 0. The van der Waals surface area contributed by atoms with Crippen LogP contribution in [0.25, 0.3) is 0 Å². The molecule has 0 atom stereocenters. The highest BCUT2D eigenvalue weighted by Crippen LogP contribution is 2.33. The molecule has 0 radical (unpaired) electrons. The van der Waals surface area contributed by atoms with Gasteiger partial charge in [0.05, 0.1) is 18.2 Å². The Morgan fingerprint density at radius 3 is 2.04 bits per heavy atom. The van der Waals surface area contributed by atoms with E-state index in [0.717, 1.165) is 11.4 Å². The van der Waals surface area contributed by atoms with Crippen molar-refractivity contribution in [2.45, 2.75) is 19.0 Å². The minimum absolute atomic E-state index is 0.0471. The summed E-state index contributed by atoms with van der Waals surface area (Å²) in [5.41, 5.74) is 10.2. The Balaban J connectivity index is 2.20. The number of allylic oxidation sites excluding steroid dienone is 1. The van der Waals surface area contributed by atoms with E-state index in [2.05, 4.69) is 65.4 Å². The molecule has 0 saturated heterocycles. The molecule has 4 heteroatoms. The lowest BCUT2D eigenvalue weighted by atomic mass is 9.87. The van der Waals surface area contributed by atoms with Crippen LogP contribution >= 0.6 is 0 Å². The van der Waals surface area contributed by atoms with E-state index in [4.69, 9.17) is 5.73 Å². The molecule has 0 aliphatic rings. The number of aromatic nitrogens is 3. The molecule has 0 unspecified atom stereocenters. The Labute approximate surface area is 136 Å². The van der Waals surface area contributed by atoms with Gasteiger partial charge < -0.3 is 5.73 Å². The van der Waals surface area contributed by atoms with E-state index in [1.807, 2.05) is 22.9 Å². The van der Waals surface area contributed by atoms with E-state index >= 15 is 0 Å². The Hall–Kier alpha value is -2.72. The van der Waals surface area contributed by atoms with Gasteiger partial charge in [-0.05, 0) is 11.1 Å². The molecular formula is C19H20N4. The quantitative estimate of drug-likeness (QED) is 0.712. The molecule has 0 aliphatic heterocycles. The van der Waals surface area contributed by atoms with Crippen molar-refractivity contribution in [2.75, 3.05) is 0 Å². The molecule has 1 heterocycles. The van der Waals surface area contributed by atoms with Crippen LogP contribution in [-0.2, 0) is 13.1 Å². The summed E-state index contributed by atoms with van der Waals surface area (Å²) in [7, 11) is 0. The number of rotatable bonds is 6. The molecule has 116 valence electrons. The zero-order valence-electron chi connectivity index (χ0n) is 13.0. The molecule has 0 amide bonds. The number of hydrogen-bond donors (Lipinski definition) is 1. The molecule has 0 saturated carbocycles. The van der Waals surface area contributed by atoms with Gasteiger partial charge in [0, 0.05) is 6.54 Å². The second kappa shape index (κ2) is 7.03. The summed E-state index contributed by atoms with van der Waals surface area (Å²) in [5, 5.41) is 8.53. The summed E-state index contributed by atoms with van der Waals surface area (Å²) in [6.07, 6.45) is 1.82. The Morgan fingerprint density at radius 2 is 1.57 bits per heavy atom. The Morgan fingerprint density at radius 1 is 1.00 bits per heavy atom. The van der Waals surface area contributed by atoms with E-state index in [1.165, 1.54) is 11.1 Å². The zero-order chi connectivity index (χ0) is 16.1. The molecule has 3 aromatic rings. The topological polar surface area (TPSA) is 56.7 Å². The lowest BCUT2D eigenvalue weighted by Crippen LogP contribution is -2.14. The van der Waals surface area contributed by atoms with Gasteiger partial charge in [-0.2, -0.15) is 0 Å². The minimum Gasteiger partial charge on any atom is -0.325 e. The van der Waals surface area contributed by atoms with Crippen molar-refractivity contribution in [1.82, 2.24) is 15.0 Å². The van der Waals surface area contributed by atoms with Gasteiger partial charge in [0.25, 0.3) is 0 Å². The third-order valence-corrected chi connectivity index (χ3v) is 3.88. The molecule has 0 bridgehead atoms. The molecule has 1 aromatic heterocycles. The van der Waals surface area contributed by atoms with Crippen molar-refractivity contribution >= 4 is 0 Å². The van der Waals surface area contributed by atoms with Gasteiger partial charge >= 0.3 is 0 Å². The summed E-state index contributed by atoms with van der Waals surface area (Å²) in [5.74, 6) is 0.0471. The van der Waals surface area contributed by atoms with Crippen LogP contribution in [0.5, 0.6) is 0 Å². The second-order valence-electron chi connectivity index (χ2n) is 5.35. The second-order valence-corrected chi connectivity index (χ2v) is 5.35. The van der Waals surface area contributed by atoms with E-state index < -0.39 is 0 Å². The van der Waals surface area contributed by atoms with Crippen LogP contribution < -0.4 is 5.73 Å². The van der Waals surface area contributed by atoms with Crippen LogP contribution in [0.2, 0.25) is 0 Å².